The first kappa shape index (κ1) is 13.0. The van der Waals surface area contributed by atoms with Crippen LogP contribution in [0, 0.1) is 0 Å². The fourth-order valence-corrected chi connectivity index (χ4v) is 2.64. The van der Waals surface area contributed by atoms with Gasteiger partial charge in [-0.2, -0.15) is 0 Å². The van der Waals surface area contributed by atoms with Gasteiger partial charge in [0.1, 0.15) is 5.76 Å². The number of aromatic nitrogens is 1. The number of hydrogen-bond donors (Lipinski definition) is 2. The van der Waals surface area contributed by atoms with Gasteiger partial charge < -0.3 is 19.5 Å². The minimum Gasteiger partial charge on any atom is -0.493 e. The third-order valence-electron chi connectivity index (χ3n) is 2.96. The number of fused-ring (bicyclic) bond motifs is 1. The quantitative estimate of drug-likeness (QED) is 0.757. The van der Waals surface area contributed by atoms with Gasteiger partial charge in [-0.15, -0.1) is 0 Å². The summed E-state index contributed by atoms with van der Waals surface area (Å²) in [5.74, 6) is 1.57. The number of hydrogen-bond acceptors (Lipinski definition) is 5. The fraction of sp³-hybridized carbons (Fsp3) is 0.214. The van der Waals surface area contributed by atoms with E-state index in [1.807, 2.05) is 29.6 Å². The van der Waals surface area contributed by atoms with Gasteiger partial charge in [-0.3, -0.25) is 4.79 Å². The largest absolute Gasteiger partial charge is 0.493 e. The Hall–Kier alpha value is -2.05. The van der Waals surface area contributed by atoms with Crippen molar-refractivity contribution < 1.29 is 9.15 Å². The van der Waals surface area contributed by atoms with Crippen molar-refractivity contribution in [3.8, 4) is 5.75 Å². The maximum Gasteiger partial charge on any atom is 0.304 e. The summed E-state index contributed by atoms with van der Waals surface area (Å²) in [6, 6.07) is 7.78. The van der Waals surface area contributed by atoms with Crippen molar-refractivity contribution in [3.05, 3.63) is 50.8 Å². The Balaban J connectivity index is 1.70. The predicted octanol–water partition coefficient (Wildman–Crippen LogP) is 2.48. The zero-order valence-corrected chi connectivity index (χ0v) is 11.8. The molecule has 0 aliphatic rings. The van der Waals surface area contributed by atoms with E-state index in [0.29, 0.717) is 13.1 Å². The maximum absolute atomic E-state index is 11.0. The SMILES string of the molecule is COc1cccc2cc(CNCc3csc(=O)[nH]3)oc12. The molecule has 0 unspecified atom stereocenters. The molecule has 6 heteroatoms. The molecule has 5 nitrogen and oxygen atoms in total. The first-order valence-corrected chi connectivity index (χ1v) is 7.07. The van der Waals surface area contributed by atoms with Gasteiger partial charge in [0, 0.05) is 23.0 Å². The average molecular weight is 290 g/mol. The molecular weight excluding hydrogens is 276 g/mol. The lowest BCUT2D eigenvalue weighted by atomic mass is 10.2. The highest BCUT2D eigenvalue weighted by atomic mass is 32.1. The van der Waals surface area contributed by atoms with Crippen molar-refractivity contribution >= 4 is 22.3 Å². The molecule has 0 aliphatic heterocycles. The van der Waals surface area contributed by atoms with E-state index in [-0.39, 0.29) is 4.87 Å². The van der Waals surface area contributed by atoms with Crippen molar-refractivity contribution in [2.45, 2.75) is 13.1 Å². The van der Waals surface area contributed by atoms with Crippen LogP contribution in [0.15, 0.2) is 38.9 Å². The highest BCUT2D eigenvalue weighted by molar-refractivity contribution is 7.07. The number of benzene rings is 1. The van der Waals surface area contributed by atoms with E-state index in [0.717, 1.165) is 28.2 Å². The number of rotatable bonds is 5. The molecule has 0 bridgehead atoms. The summed E-state index contributed by atoms with van der Waals surface area (Å²) in [6.45, 7) is 1.20. The Morgan fingerprint density at radius 1 is 1.40 bits per heavy atom. The second-order valence-corrected chi connectivity index (χ2v) is 5.21. The number of furan rings is 1. The Morgan fingerprint density at radius 2 is 2.30 bits per heavy atom. The summed E-state index contributed by atoms with van der Waals surface area (Å²) in [7, 11) is 1.63. The number of nitrogens with one attached hydrogen (secondary N) is 2. The van der Waals surface area contributed by atoms with Gasteiger partial charge in [0.2, 0.25) is 0 Å². The molecule has 0 saturated carbocycles. The molecule has 2 aromatic heterocycles. The lowest BCUT2D eigenvalue weighted by Crippen LogP contribution is -2.13. The van der Waals surface area contributed by atoms with Crippen molar-refractivity contribution in [1.29, 1.82) is 0 Å². The van der Waals surface area contributed by atoms with Crippen LogP contribution in [0.3, 0.4) is 0 Å². The summed E-state index contributed by atoms with van der Waals surface area (Å²) in [6.07, 6.45) is 0. The summed E-state index contributed by atoms with van der Waals surface area (Å²) in [5.41, 5.74) is 1.64. The van der Waals surface area contributed by atoms with Gasteiger partial charge in [0.05, 0.1) is 13.7 Å². The van der Waals surface area contributed by atoms with E-state index in [4.69, 9.17) is 9.15 Å². The minimum atomic E-state index is -0.0322. The average Bonchev–Trinajstić information content (AvgIpc) is 3.04. The Kier molecular flexibility index (Phi) is 3.58. The van der Waals surface area contributed by atoms with Crippen LogP contribution in [0.5, 0.6) is 5.75 Å². The molecule has 0 atom stereocenters. The Morgan fingerprint density at radius 3 is 3.05 bits per heavy atom. The lowest BCUT2D eigenvalue weighted by molar-refractivity contribution is 0.406. The van der Waals surface area contributed by atoms with Crippen LogP contribution < -0.4 is 14.9 Å². The molecule has 0 saturated heterocycles. The van der Waals surface area contributed by atoms with Gasteiger partial charge in [-0.05, 0) is 12.1 Å². The van der Waals surface area contributed by atoms with Crippen LogP contribution >= 0.6 is 11.3 Å². The summed E-state index contributed by atoms with van der Waals surface area (Å²) in [5, 5.41) is 6.07. The molecule has 0 fully saturated rings. The molecule has 0 amide bonds. The first-order valence-electron chi connectivity index (χ1n) is 6.19. The van der Waals surface area contributed by atoms with E-state index < -0.39 is 0 Å². The van der Waals surface area contributed by atoms with Crippen molar-refractivity contribution in [1.82, 2.24) is 10.3 Å². The van der Waals surface area contributed by atoms with E-state index in [9.17, 15) is 4.79 Å². The smallest absolute Gasteiger partial charge is 0.304 e. The molecule has 3 rings (SSSR count). The van der Waals surface area contributed by atoms with Crippen LogP contribution in [0.25, 0.3) is 11.0 Å². The summed E-state index contributed by atoms with van der Waals surface area (Å²) < 4.78 is 11.0. The van der Waals surface area contributed by atoms with Crippen molar-refractivity contribution in [2.24, 2.45) is 0 Å². The number of H-pyrrole nitrogens is 1. The molecule has 0 aliphatic carbocycles. The Labute approximate surface area is 119 Å². The highest BCUT2D eigenvalue weighted by Crippen LogP contribution is 2.28. The monoisotopic (exact) mass is 290 g/mol. The van der Waals surface area contributed by atoms with Gasteiger partial charge in [-0.25, -0.2) is 0 Å². The van der Waals surface area contributed by atoms with E-state index in [1.54, 1.807) is 7.11 Å². The van der Waals surface area contributed by atoms with Gasteiger partial charge in [0.15, 0.2) is 11.3 Å². The van der Waals surface area contributed by atoms with Crippen LogP contribution in [-0.2, 0) is 13.1 Å². The maximum atomic E-state index is 11.0. The van der Waals surface area contributed by atoms with Gasteiger partial charge >= 0.3 is 4.87 Å². The molecule has 0 spiro atoms. The van der Waals surface area contributed by atoms with Crippen LogP contribution in [0.4, 0.5) is 0 Å². The minimum absolute atomic E-state index is 0.0322. The number of methoxy groups -OCH3 is 1. The van der Waals surface area contributed by atoms with Crippen molar-refractivity contribution in [2.75, 3.05) is 7.11 Å². The van der Waals surface area contributed by atoms with Gasteiger partial charge in [-0.1, -0.05) is 23.5 Å². The summed E-state index contributed by atoms with van der Waals surface area (Å²) >= 11 is 1.17. The van der Waals surface area contributed by atoms with E-state index in [1.165, 1.54) is 11.3 Å². The highest BCUT2D eigenvalue weighted by Gasteiger charge is 2.08. The van der Waals surface area contributed by atoms with Crippen LogP contribution in [0.2, 0.25) is 0 Å². The molecule has 20 heavy (non-hydrogen) atoms. The standard InChI is InChI=1S/C14H14N2O3S/c1-18-12-4-2-3-9-5-11(19-13(9)12)7-15-6-10-8-20-14(17)16-10/h2-5,8,15H,6-7H2,1H3,(H,16,17). The molecule has 3 aromatic rings. The molecular formula is C14H14N2O3S. The third kappa shape index (κ3) is 2.61. The van der Waals surface area contributed by atoms with E-state index >= 15 is 0 Å². The second-order valence-electron chi connectivity index (χ2n) is 4.37. The first-order chi connectivity index (χ1) is 9.76. The zero-order valence-electron chi connectivity index (χ0n) is 10.9. The second kappa shape index (κ2) is 5.52. The lowest BCUT2D eigenvalue weighted by Gasteiger charge is -2.00. The fourth-order valence-electron chi connectivity index (χ4n) is 2.06. The molecule has 2 heterocycles. The topological polar surface area (TPSA) is 67.3 Å². The van der Waals surface area contributed by atoms with Crippen LogP contribution in [0.1, 0.15) is 11.5 Å². The number of ether oxygens (including phenoxy) is 1. The predicted molar refractivity (Wildman–Crippen MR) is 78.2 cm³/mol. The Bertz CT molecular complexity index is 772. The van der Waals surface area contributed by atoms with Gasteiger partial charge in [0.25, 0.3) is 0 Å². The van der Waals surface area contributed by atoms with Crippen LogP contribution in [-0.4, -0.2) is 12.1 Å². The molecule has 104 valence electrons. The molecule has 1 aromatic carbocycles. The number of para-hydroxylation sites is 1. The summed E-state index contributed by atoms with van der Waals surface area (Å²) in [4.78, 5) is 13.7. The zero-order chi connectivity index (χ0) is 13.9. The normalized spacial score (nSPS) is 11.1. The molecule has 0 radical (unpaired) electrons. The van der Waals surface area contributed by atoms with E-state index in [2.05, 4.69) is 10.3 Å². The molecule has 2 N–H and O–H groups in total. The number of thiazole rings is 1. The third-order valence-corrected chi connectivity index (χ3v) is 3.68. The number of aromatic amines is 1. The van der Waals surface area contributed by atoms with Crippen molar-refractivity contribution in [3.63, 3.8) is 0 Å².